The molecule has 1 aliphatic heterocycles. The number of hydrazone groups is 1. The van der Waals surface area contributed by atoms with Crippen LogP contribution in [-0.2, 0) is 16.0 Å². The second-order valence-electron chi connectivity index (χ2n) is 5.50. The minimum Gasteiger partial charge on any atom is -0.484 e. The van der Waals surface area contributed by atoms with Crippen LogP contribution in [0.5, 0.6) is 5.75 Å². The summed E-state index contributed by atoms with van der Waals surface area (Å²) in [5.74, 6) is 0.224. The number of hydrogen-bond donors (Lipinski definition) is 2. The number of ether oxygens (including phenoxy) is 1. The standard InChI is InChI=1S/C18H16ClN3O3/c19-14-4-1-12(2-5-14)10-20-22-18(24)11-25-15-6-7-16-13(9-15)3-8-17(23)21-16/h1-2,4-7,9-10H,3,8,11H2,(H,21,23)(H,22,24). The molecule has 0 radical (unpaired) electrons. The highest BCUT2D eigenvalue weighted by Gasteiger charge is 2.15. The molecule has 2 N–H and O–H groups in total. The van der Waals surface area contributed by atoms with Gasteiger partial charge in [-0.2, -0.15) is 5.10 Å². The Labute approximate surface area is 149 Å². The van der Waals surface area contributed by atoms with Gasteiger partial charge in [0.05, 0.1) is 6.21 Å². The normalized spacial score (nSPS) is 13.2. The number of carbonyl (C=O) groups excluding carboxylic acids is 2. The number of nitrogens with one attached hydrogen (secondary N) is 2. The molecule has 0 spiro atoms. The van der Waals surface area contributed by atoms with Crippen LogP contribution < -0.4 is 15.5 Å². The zero-order chi connectivity index (χ0) is 17.6. The van der Waals surface area contributed by atoms with E-state index in [2.05, 4.69) is 15.8 Å². The van der Waals surface area contributed by atoms with E-state index in [0.29, 0.717) is 23.6 Å². The topological polar surface area (TPSA) is 79.8 Å². The zero-order valence-electron chi connectivity index (χ0n) is 13.3. The molecule has 0 saturated heterocycles. The minimum atomic E-state index is -0.365. The maximum absolute atomic E-state index is 11.8. The fourth-order valence-corrected chi connectivity index (χ4v) is 2.48. The van der Waals surface area contributed by atoms with E-state index >= 15 is 0 Å². The van der Waals surface area contributed by atoms with Gasteiger partial charge in [-0.1, -0.05) is 23.7 Å². The van der Waals surface area contributed by atoms with Crippen molar-refractivity contribution < 1.29 is 14.3 Å². The molecular weight excluding hydrogens is 342 g/mol. The average Bonchev–Trinajstić information content (AvgIpc) is 2.61. The minimum absolute atomic E-state index is 0.0131. The van der Waals surface area contributed by atoms with Gasteiger partial charge in [-0.25, -0.2) is 5.43 Å². The highest BCUT2D eigenvalue weighted by atomic mass is 35.5. The molecule has 0 fully saturated rings. The second-order valence-corrected chi connectivity index (χ2v) is 5.94. The maximum Gasteiger partial charge on any atom is 0.277 e. The highest BCUT2D eigenvalue weighted by Crippen LogP contribution is 2.26. The van der Waals surface area contributed by atoms with Crippen molar-refractivity contribution in [3.05, 3.63) is 58.6 Å². The molecule has 1 heterocycles. The van der Waals surface area contributed by atoms with Crippen LogP contribution >= 0.6 is 11.6 Å². The molecule has 6 nitrogen and oxygen atoms in total. The number of amides is 2. The van der Waals surface area contributed by atoms with Crippen molar-refractivity contribution >= 4 is 35.3 Å². The first-order valence-electron chi connectivity index (χ1n) is 7.73. The van der Waals surface area contributed by atoms with E-state index in [0.717, 1.165) is 16.8 Å². The number of aryl methyl sites for hydroxylation is 1. The summed E-state index contributed by atoms with van der Waals surface area (Å²) in [5, 5.41) is 7.30. The van der Waals surface area contributed by atoms with Crippen molar-refractivity contribution in [1.82, 2.24) is 5.43 Å². The molecule has 0 aromatic heterocycles. The third kappa shape index (κ3) is 4.81. The van der Waals surface area contributed by atoms with Crippen LogP contribution in [0, 0.1) is 0 Å². The molecule has 0 unspecified atom stereocenters. The SMILES string of the molecule is O=C(COc1ccc2c(c1)CCC(=O)N2)NN=Cc1ccc(Cl)cc1. The lowest BCUT2D eigenvalue weighted by molar-refractivity contribution is -0.123. The predicted molar refractivity (Wildman–Crippen MR) is 96.1 cm³/mol. The first-order chi connectivity index (χ1) is 12.1. The monoisotopic (exact) mass is 357 g/mol. The third-order valence-electron chi connectivity index (χ3n) is 3.62. The van der Waals surface area contributed by atoms with E-state index in [4.69, 9.17) is 16.3 Å². The summed E-state index contributed by atoms with van der Waals surface area (Å²) in [6.45, 7) is -0.150. The number of carbonyl (C=O) groups is 2. The van der Waals surface area contributed by atoms with Crippen molar-refractivity contribution in [3.63, 3.8) is 0 Å². The Balaban J connectivity index is 1.49. The zero-order valence-corrected chi connectivity index (χ0v) is 14.0. The number of fused-ring (bicyclic) bond motifs is 1. The van der Waals surface area contributed by atoms with Gasteiger partial charge in [0.15, 0.2) is 6.61 Å². The summed E-state index contributed by atoms with van der Waals surface area (Å²) in [7, 11) is 0. The quantitative estimate of drug-likeness (QED) is 0.638. The maximum atomic E-state index is 11.8. The Hall–Kier alpha value is -2.86. The van der Waals surface area contributed by atoms with E-state index < -0.39 is 0 Å². The second kappa shape index (κ2) is 7.81. The number of nitrogens with zero attached hydrogens (tertiary/aromatic N) is 1. The van der Waals surface area contributed by atoms with Crippen LogP contribution in [-0.4, -0.2) is 24.6 Å². The van der Waals surface area contributed by atoms with Crippen molar-refractivity contribution in [2.24, 2.45) is 5.10 Å². The van der Waals surface area contributed by atoms with Crippen LogP contribution in [0.1, 0.15) is 17.5 Å². The molecule has 2 aromatic rings. The van der Waals surface area contributed by atoms with Gasteiger partial charge in [-0.15, -0.1) is 0 Å². The van der Waals surface area contributed by atoms with Crippen molar-refractivity contribution in [2.75, 3.05) is 11.9 Å². The van der Waals surface area contributed by atoms with Gasteiger partial charge in [0, 0.05) is 17.1 Å². The number of anilines is 1. The molecule has 128 valence electrons. The number of halogens is 1. The van der Waals surface area contributed by atoms with Crippen LogP contribution in [0.2, 0.25) is 5.02 Å². The molecule has 0 atom stereocenters. The molecular formula is C18H16ClN3O3. The van der Waals surface area contributed by atoms with Crippen LogP contribution in [0.4, 0.5) is 5.69 Å². The molecule has 0 aliphatic carbocycles. The Morgan fingerprint density at radius 3 is 2.84 bits per heavy atom. The van der Waals surface area contributed by atoms with Crippen LogP contribution in [0.3, 0.4) is 0 Å². The molecule has 3 rings (SSSR count). The van der Waals surface area contributed by atoms with Gasteiger partial charge in [0.2, 0.25) is 5.91 Å². The van der Waals surface area contributed by atoms with Gasteiger partial charge in [-0.05, 0) is 47.9 Å². The summed E-state index contributed by atoms with van der Waals surface area (Å²) in [6.07, 6.45) is 2.64. The Morgan fingerprint density at radius 1 is 1.24 bits per heavy atom. The molecule has 1 aliphatic rings. The highest BCUT2D eigenvalue weighted by molar-refractivity contribution is 6.30. The lowest BCUT2D eigenvalue weighted by atomic mass is 10.0. The van der Waals surface area contributed by atoms with Crippen molar-refractivity contribution in [2.45, 2.75) is 12.8 Å². The summed E-state index contributed by atoms with van der Waals surface area (Å²) in [4.78, 5) is 23.1. The van der Waals surface area contributed by atoms with Gasteiger partial charge < -0.3 is 10.1 Å². The van der Waals surface area contributed by atoms with Gasteiger partial charge >= 0.3 is 0 Å². The van der Waals surface area contributed by atoms with E-state index in [9.17, 15) is 9.59 Å². The van der Waals surface area contributed by atoms with E-state index in [-0.39, 0.29) is 18.4 Å². The number of benzene rings is 2. The molecule has 2 amide bonds. The van der Waals surface area contributed by atoms with Crippen molar-refractivity contribution in [1.29, 1.82) is 0 Å². The molecule has 25 heavy (non-hydrogen) atoms. The summed E-state index contributed by atoms with van der Waals surface area (Å²) < 4.78 is 5.46. The molecule has 2 aromatic carbocycles. The lowest BCUT2D eigenvalue weighted by Gasteiger charge is -2.17. The number of rotatable bonds is 5. The lowest BCUT2D eigenvalue weighted by Crippen LogP contribution is -2.24. The summed E-state index contributed by atoms with van der Waals surface area (Å²) in [5.41, 5.74) is 5.01. The van der Waals surface area contributed by atoms with Crippen molar-refractivity contribution in [3.8, 4) is 5.75 Å². The van der Waals surface area contributed by atoms with E-state index in [1.54, 1.807) is 36.4 Å². The largest absolute Gasteiger partial charge is 0.484 e. The average molecular weight is 358 g/mol. The third-order valence-corrected chi connectivity index (χ3v) is 3.87. The Morgan fingerprint density at radius 2 is 2.04 bits per heavy atom. The number of hydrogen-bond acceptors (Lipinski definition) is 4. The summed E-state index contributed by atoms with van der Waals surface area (Å²) in [6, 6.07) is 12.4. The molecule has 0 bridgehead atoms. The Bertz CT molecular complexity index is 819. The van der Waals surface area contributed by atoms with E-state index in [1.165, 1.54) is 6.21 Å². The fraction of sp³-hybridized carbons (Fsp3) is 0.167. The van der Waals surface area contributed by atoms with Gasteiger partial charge in [0.1, 0.15) is 5.75 Å². The first kappa shape index (κ1) is 17.0. The molecule has 0 saturated carbocycles. The Kier molecular flexibility index (Phi) is 5.30. The van der Waals surface area contributed by atoms with E-state index in [1.807, 2.05) is 6.07 Å². The van der Waals surface area contributed by atoms with Gasteiger partial charge in [-0.3, -0.25) is 9.59 Å². The van der Waals surface area contributed by atoms with Gasteiger partial charge in [0.25, 0.3) is 5.91 Å². The fourth-order valence-electron chi connectivity index (χ4n) is 2.36. The first-order valence-corrected chi connectivity index (χ1v) is 8.11. The smallest absolute Gasteiger partial charge is 0.277 e. The predicted octanol–water partition coefficient (Wildman–Crippen LogP) is 2.75. The molecule has 7 heteroatoms. The van der Waals surface area contributed by atoms with Crippen LogP contribution in [0.15, 0.2) is 47.6 Å². The summed E-state index contributed by atoms with van der Waals surface area (Å²) >= 11 is 5.80. The van der Waals surface area contributed by atoms with Crippen LogP contribution in [0.25, 0.3) is 0 Å².